The van der Waals surface area contributed by atoms with E-state index >= 15 is 0 Å². The van der Waals surface area contributed by atoms with Crippen LogP contribution in [-0.4, -0.2) is 25.9 Å². The molecule has 0 radical (unpaired) electrons. The molecule has 2 aliphatic rings. The molecule has 1 spiro atoms. The third-order valence-corrected chi connectivity index (χ3v) is 5.06. The lowest BCUT2D eigenvalue weighted by Gasteiger charge is -2.34. The summed E-state index contributed by atoms with van der Waals surface area (Å²) >= 11 is 0. The predicted molar refractivity (Wildman–Crippen MR) is 84.9 cm³/mol. The van der Waals surface area contributed by atoms with Gasteiger partial charge in [0.2, 0.25) is 0 Å². The fourth-order valence-electron chi connectivity index (χ4n) is 3.62. The summed E-state index contributed by atoms with van der Waals surface area (Å²) in [5.74, 6) is 0.258. The van der Waals surface area contributed by atoms with Crippen LogP contribution in [0.1, 0.15) is 32.1 Å². The average Bonchev–Trinajstić information content (AvgIpc) is 2.93. The minimum Gasteiger partial charge on any atom is -0.484 e. The standard InChI is InChI=1S/C18H22F3NO/c1-14-6-8-17(9-7-14)10-11-22(12-17)15-2-4-16(5-3-15)23-13-18(19,20)21/h2-5H,1,6-13H2. The number of nitrogens with zero attached hydrogens (tertiary/aromatic N) is 1. The van der Waals surface area contributed by atoms with Crippen LogP contribution in [0, 0.1) is 5.41 Å². The summed E-state index contributed by atoms with van der Waals surface area (Å²) in [6, 6.07) is 6.95. The number of ether oxygens (including phenoxy) is 1. The maximum atomic E-state index is 12.2. The van der Waals surface area contributed by atoms with Crippen LogP contribution < -0.4 is 9.64 Å². The van der Waals surface area contributed by atoms with Crippen LogP contribution in [0.25, 0.3) is 0 Å². The zero-order chi connectivity index (χ0) is 16.5. The maximum absolute atomic E-state index is 12.2. The summed E-state index contributed by atoms with van der Waals surface area (Å²) in [5, 5.41) is 0. The van der Waals surface area contributed by atoms with Crippen LogP contribution in [0.15, 0.2) is 36.4 Å². The van der Waals surface area contributed by atoms with Crippen molar-refractivity contribution in [2.24, 2.45) is 5.41 Å². The fourth-order valence-corrected chi connectivity index (χ4v) is 3.62. The number of alkyl halides is 3. The van der Waals surface area contributed by atoms with Gasteiger partial charge in [-0.15, -0.1) is 0 Å². The van der Waals surface area contributed by atoms with Crippen molar-refractivity contribution in [2.45, 2.75) is 38.3 Å². The van der Waals surface area contributed by atoms with Crippen LogP contribution in [0.2, 0.25) is 0 Å². The first-order valence-corrected chi connectivity index (χ1v) is 8.07. The Hall–Kier alpha value is -1.65. The molecule has 0 atom stereocenters. The molecule has 0 bridgehead atoms. The van der Waals surface area contributed by atoms with Gasteiger partial charge in [0, 0.05) is 18.8 Å². The molecule has 5 heteroatoms. The molecule has 0 amide bonds. The number of rotatable bonds is 3. The lowest BCUT2D eigenvalue weighted by molar-refractivity contribution is -0.153. The monoisotopic (exact) mass is 325 g/mol. The number of hydrogen-bond acceptors (Lipinski definition) is 2. The summed E-state index contributed by atoms with van der Waals surface area (Å²) < 4.78 is 41.2. The van der Waals surface area contributed by atoms with Gasteiger partial charge in [-0.1, -0.05) is 12.2 Å². The zero-order valence-electron chi connectivity index (χ0n) is 13.2. The SMILES string of the molecule is C=C1CCC2(CC1)CCN(c1ccc(OCC(F)(F)F)cc1)C2. The minimum absolute atomic E-state index is 0.258. The van der Waals surface area contributed by atoms with Crippen LogP contribution in [0.5, 0.6) is 5.75 Å². The quantitative estimate of drug-likeness (QED) is 0.729. The van der Waals surface area contributed by atoms with Gasteiger partial charge in [-0.25, -0.2) is 0 Å². The van der Waals surface area contributed by atoms with Gasteiger partial charge in [0.25, 0.3) is 0 Å². The number of hydrogen-bond donors (Lipinski definition) is 0. The smallest absolute Gasteiger partial charge is 0.422 e. The number of allylic oxidation sites excluding steroid dienone is 1. The molecule has 1 heterocycles. The van der Waals surface area contributed by atoms with Gasteiger partial charge in [0.1, 0.15) is 5.75 Å². The van der Waals surface area contributed by atoms with Gasteiger partial charge in [0.15, 0.2) is 6.61 Å². The Morgan fingerprint density at radius 3 is 2.35 bits per heavy atom. The topological polar surface area (TPSA) is 12.5 Å². The first-order chi connectivity index (χ1) is 10.9. The number of benzene rings is 1. The molecule has 1 aliphatic heterocycles. The van der Waals surface area contributed by atoms with Crippen LogP contribution in [0.4, 0.5) is 18.9 Å². The molecule has 1 saturated heterocycles. The highest BCUT2D eigenvalue weighted by atomic mass is 19.4. The normalized spacial score (nSPS) is 21.0. The van der Waals surface area contributed by atoms with E-state index < -0.39 is 12.8 Å². The van der Waals surface area contributed by atoms with E-state index in [-0.39, 0.29) is 5.75 Å². The van der Waals surface area contributed by atoms with Gasteiger partial charge in [-0.2, -0.15) is 13.2 Å². The molecule has 2 fully saturated rings. The molecule has 3 rings (SSSR count). The largest absolute Gasteiger partial charge is 0.484 e. The van der Waals surface area contributed by atoms with Crippen molar-refractivity contribution < 1.29 is 17.9 Å². The van der Waals surface area contributed by atoms with Crippen molar-refractivity contribution in [3.05, 3.63) is 36.4 Å². The maximum Gasteiger partial charge on any atom is 0.422 e. The molecule has 0 aromatic heterocycles. The van der Waals surface area contributed by atoms with E-state index in [4.69, 9.17) is 4.74 Å². The highest BCUT2D eigenvalue weighted by molar-refractivity contribution is 5.50. The summed E-state index contributed by atoms with van der Waals surface area (Å²) in [7, 11) is 0. The Bertz CT molecular complexity index is 555. The highest BCUT2D eigenvalue weighted by Gasteiger charge is 2.39. The number of halogens is 3. The lowest BCUT2D eigenvalue weighted by Crippen LogP contribution is -2.29. The van der Waals surface area contributed by atoms with Gasteiger partial charge >= 0.3 is 6.18 Å². The average molecular weight is 325 g/mol. The van der Waals surface area contributed by atoms with Crippen molar-refractivity contribution in [3.8, 4) is 5.75 Å². The van der Waals surface area contributed by atoms with E-state index in [1.54, 1.807) is 12.1 Å². The van der Waals surface area contributed by atoms with E-state index in [2.05, 4.69) is 11.5 Å². The Morgan fingerprint density at radius 2 is 1.74 bits per heavy atom. The lowest BCUT2D eigenvalue weighted by atomic mass is 9.72. The zero-order valence-corrected chi connectivity index (χ0v) is 13.2. The molecule has 1 aliphatic carbocycles. The minimum atomic E-state index is -4.30. The first kappa shape index (κ1) is 16.2. The molecular formula is C18H22F3NO. The number of anilines is 1. The molecule has 0 N–H and O–H groups in total. The second kappa shape index (κ2) is 6.10. The van der Waals surface area contributed by atoms with Crippen molar-refractivity contribution >= 4 is 5.69 Å². The Kier molecular flexibility index (Phi) is 4.30. The summed E-state index contributed by atoms with van der Waals surface area (Å²) in [5.41, 5.74) is 2.82. The molecule has 126 valence electrons. The summed E-state index contributed by atoms with van der Waals surface area (Å²) in [4.78, 5) is 2.33. The van der Waals surface area contributed by atoms with Gasteiger partial charge < -0.3 is 9.64 Å². The molecule has 0 unspecified atom stereocenters. The molecular weight excluding hydrogens is 303 g/mol. The van der Waals surface area contributed by atoms with E-state index in [9.17, 15) is 13.2 Å². The van der Waals surface area contributed by atoms with E-state index in [1.807, 2.05) is 12.1 Å². The van der Waals surface area contributed by atoms with E-state index in [0.717, 1.165) is 31.6 Å². The predicted octanol–water partition coefficient (Wildman–Crippen LogP) is 4.95. The Balaban J connectivity index is 1.59. The van der Waals surface area contributed by atoms with Crippen LogP contribution >= 0.6 is 0 Å². The second-order valence-electron chi connectivity index (χ2n) is 6.82. The van der Waals surface area contributed by atoms with E-state index in [0.29, 0.717) is 5.41 Å². The molecule has 23 heavy (non-hydrogen) atoms. The third kappa shape index (κ3) is 4.01. The molecule has 1 aromatic carbocycles. The van der Waals surface area contributed by atoms with Crippen molar-refractivity contribution in [1.82, 2.24) is 0 Å². The van der Waals surface area contributed by atoms with Crippen molar-refractivity contribution in [2.75, 3.05) is 24.6 Å². The first-order valence-electron chi connectivity index (χ1n) is 8.07. The molecule has 1 aromatic rings. The van der Waals surface area contributed by atoms with Gasteiger partial charge in [0.05, 0.1) is 0 Å². The second-order valence-corrected chi connectivity index (χ2v) is 6.82. The molecule has 1 saturated carbocycles. The van der Waals surface area contributed by atoms with Crippen molar-refractivity contribution in [3.63, 3.8) is 0 Å². The van der Waals surface area contributed by atoms with Crippen molar-refractivity contribution in [1.29, 1.82) is 0 Å². The Labute approximate surface area is 134 Å². The summed E-state index contributed by atoms with van der Waals surface area (Å²) in [6.07, 6.45) is 1.54. The highest BCUT2D eigenvalue weighted by Crippen LogP contribution is 2.46. The fraction of sp³-hybridized carbons (Fsp3) is 0.556. The van der Waals surface area contributed by atoms with Crippen LogP contribution in [-0.2, 0) is 0 Å². The van der Waals surface area contributed by atoms with E-state index in [1.165, 1.54) is 24.8 Å². The third-order valence-electron chi connectivity index (χ3n) is 5.06. The van der Waals surface area contributed by atoms with Gasteiger partial charge in [-0.05, 0) is 61.8 Å². The van der Waals surface area contributed by atoms with Crippen LogP contribution in [0.3, 0.4) is 0 Å². The van der Waals surface area contributed by atoms with Gasteiger partial charge in [-0.3, -0.25) is 0 Å². The molecule has 2 nitrogen and oxygen atoms in total. The summed E-state index contributed by atoms with van der Waals surface area (Å²) in [6.45, 7) is 4.88. The Morgan fingerprint density at radius 1 is 1.09 bits per heavy atom.